The van der Waals surface area contributed by atoms with Crippen molar-refractivity contribution in [3.63, 3.8) is 0 Å². The third kappa shape index (κ3) is 3.89. The lowest BCUT2D eigenvalue weighted by Gasteiger charge is -2.16. The van der Waals surface area contributed by atoms with Crippen molar-refractivity contribution in [3.8, 4) is 5.88 Å². The number of hydrogen-bond acceptors (Lipinski definition) is 2. The summed E-state index contributed by atoms with van der Waals surface area (Å²) in [5, 5.41) is 0. The normalized spacial score (nSPS) is 12.3. The lowest BCUT2D eigenvalue weighted by atomic mass is 10.0. The van der Waals surface area contributed by atoms with E-state index >= 15 is 0 Å². The first-order valence-electron chi connectivity index (χ1n) is 5.91. The highest BCUT2D eigenvalue weighted by molar-refractivity contribution is 5.33. The average molecular weight is 261 g/mol. The molecule has 18 heavy (non-hydrogen) atoms. The van der Waals surface area contributed by atoms with Crippen molar-refractivity contribution in [2.45, 2.75) is 39.8 Å². The molecule has 2 nitrogen and oxygen atoms in total. The van der Waals surface area contributed by atoms with Crippen LogP contribution in [0.4, 0.5) is 13.2 Å². The fourth-order valence-corrected chi connectivity index (χ4v) is 1.35. The molecule has 102 valence electrons. The van der Waals surface area contributed by atoms with Crippen molar-refractivity contribution in [2.75, 3.05) is 6.61 Å². The van der Waals surface area contributed by atoms with Crippen molar-refractivity contribution in [2.24, 2.45) is 5.92 Å². The summed E-state index contributed by atoms with van der Waals surface area (Å²) in [6.45, 7) is 7.61. The van der Waals surface area contributed by atoms with Crippen LogP contribution in [0.5, 0.6) is 5.88 Å². The second kappa shape index (κ2) is 5.59. The quantitative estimate of drug-likeness (QED) is 0.808. The molecule has 1 aromatic heterocycles. The molecule has 0 fully saturated rings. The molecule has 0 aliphatic carbocycles. The predicted octanol–water partition coefficient (Wildman–Crippen LogP) is 4.26. The Bertz CT molecular complexity index is 400. The van der Waals surface area contributed by atoms with E-state index in [2.05, 4.69) is 4.98 Å². The molecule has 0 spiro atoms. The molecule has 0 aromatic carbocycles. The molecule has 0 amide bonds. The van der Waals surface area contributed by atoms with Gasteiger partial charge < -0.3 is 4.74 Å². The van der Waals surface area contributed by atoms with Gasteiger partial charge in [0, 0.05) is 6.20 Å². The zero-order valence-electron chi connectivity index (χ0n) is 11.0. The summed E-state index contributed by atoms with van der Waals surface area (Å²) < 4.78 is 43.8. The molecule has 0 N–H and O–H groups in total. The smallest absolute Gasteiger partial charge is 0.421 e. The minimum absolute atomic E-state index is 0.00208. The van der Waals surface area contributed by atoms with Gasteiger partial charge in [0.25, 0.3) is 0 Å². The molecule has 0 aliphatic heterocycles. The highest BCUT2D eigenvalue weighted by Gasteiger charge is 2.36. The summed E-state index contributed by atoms with van der Waals surface area (Å²) in [6, 6.07) is 1.12. The lowest BCUT2D eigenvalue weighted by molar-refractivity contribution is -0.139. The predicted molar refractivity (Wildman–Crippen MR) is 63.7 cm³/mol. The third-order valence-electron chi connectivity index (χ3n) is 2.40. The number of halogens is 3. The third-order valence-corrected chi connectivity index (χ3v) is 2.40. The fourth-order valence-electron chi connectivity index (χ4n) is 1.35. The molecule has 0 atom stereocenters. The van der Waals surface area contributed by atoms with Gasteiger partial charge in [-0.25, -0.2) is 4.98 Å². The second-order valence-corrected chi connectivity index (χ2v) is 4.98. The van der Waals surface area contributed by atoms with Gasteiger partial charge in [-0.15, -0.1) is 0 Å². The molecule has 1 heterocycles. The van der Waals surface area contributed by atoms with Gasteiger partial charge in [-0.2, -0.15) is 13.2 Å². The van der Waals surface area contributed by atoms with Crippen molar-refractivity contribution in [3.05, 3.63) is 23.4 Å². The molecular weight excluding hydrogens is 243 g/mol. The SMILES string of the molecule is CC(C)COc1ncc(C(C)C)cc1C(F)(F)F. The van der Waals surface area contributed by atoms with Crippen LogP contribution in [0.1, 0.15) is 44.7 Å². The topological polar surface area (TPSA) is 22.1 Å². The summed E-state index contributed by atoms with van der Waals surface area (Å²) in [7, 11) is 0. The number of rotatable bonds is 4. The van der Waals surface area contributed by atoms with Gasteiger partial charge in [0.15, 0.2) is 0 Å². The Hall–Kier alpha value is -1.26. The highest BCUT2D eigenvalue weighted by Crippen LogP contribution is 2.36. The second-order valence-electron chi connectivity index (χ2n) is 4.98. The zero-order chi connectivity index (χ0) is 13.9. The number of ether oxygens (including phenoxy) is 1. The van der Waals surface area contributed by atoms with E-state index in [0.29, 0.717) is 5.56 Å². The number of hydrogen-bond donors (Lipinski definition) is 0. The van der Waals surface area contributed by atoms with Crippen LogP contribution in [-0.2, 0) is 6.18 Å². The van der Waals surface area contributed by atoms with Gasteiger partial charge in [0.2, 0.25) is 5.88 Å². The van der Waals surface area contributed by atoms with Crippen LogP contribution in [0.2, 0.25) is 0 Å². The summed E-state index contributed by atoms with van der Waals surface area (Å²) in [4.78, 5) is 3.80. The molecule has 0 saturated carbocycles. The number of alkyl halides is 3. The molecule has 0 unspecified atom stereocenters. The largest absolute Gasteiger partial charge is 0.477 e. The van der Waals surface area contributed by atoms with E-state index in [9.17, 15) is 13.2 Å². The van der Waals surface area contributed by atoms with Crippen LogP contribution in [0, 0.1) is 5.92 Å². The van der Waals surface area contributed by atoms with E-state index in [0.717, 1.165) is 6.07 Å². The van der Waals surface area contributed by atoms with Gasteiger partial charge >= 0.3 is 6.18 Å². The van der Waals surface area contributed by atoms with Crippen molar-refractivity contribution < 1.29 is 17.9 Å². The Morgan fingerprint density at radius 3 is 2.28 bits per heavy atom. The standard InChI is InChI=1S/C13H18F3NO/c1-8(2)7-18-12-11(13(14,15)16)5-10(6-17-12)9(3)4/h5-6,8-9H,7H2,1-4H3. The Morgan fingerprint density at radius 2 is 1.83 bits per heavy atom. The maximum absolute atomic E-state index is 12.9. The van der Waals surface area contributed by atoms with Gasteiger partial charge in [0.1, 0.15) is 5.56 Å². The number of aromatic nitrogens is 1. The molecular formula is C13H18F3NO. The molecule has 0 bridgehead atoms. The van der Waals surface area contributed by atoms with Crippen molar-refractivity contribution in [1.82, 2.24) is 4.98 Å². The Balaban J connectivity index is 3.09. The van der Waals surface area contributed by atoms with Crippen LogP contribution < -0.4 is 4.74 Å². The van der Waals surface area contributed by atoms with Crippen LogP contribution in [0.3, 0.4) is 0 Å². The van der Waals surface area contributed by atoms with Crippen LogP contribution in [0.15, 0.2) is 12.3 Å². The van der Waals surface area contributed by atoms with E-state index in [1.54, 1.807) is 0 Å². The molecule has 0 aliphatic rings. The monoisotopic (exact) mass is 261 g/mol. The minimum Gasteiger partial charge on any atom is -0.477 e. The maximum Gasteiger partial charge on any atom is 0.421 e. The minimum atomic E-state index is -4.44. The van der Waals surface area contributed by atoms with Gasteiger partial charge in [-0.3, -0.25) is 0 Å². The van der Waals surface area contributed by atoms with Crippen LogP contribution in [-0.4, -0.2) is 11.6 Å². The summed E-state index contributed by atoms with van der Waals surface area (Å²) in [5.74, 6) is -0.184. The van der Waals surface area contributed by atoms with Gasteiger partial charge in [0.05, 0.1) is 6.61 Å². The summed E-state index contributed by atoms with van der Waals surface area (Å²) in [6.07, 6.45) is -3.00. The molecule has 1 rings (SSSR count). The first kappa shape index (κ1) is 14.8. The summed E-state index contributed by atoms with van der Waals surface area (Å²) in [5.41, 5.74) is -0.242. The zero-order valence-corrected chi connectivity index (χ0v) is 11.0. The Labute approximate surface area is 105 Å². The van der Waals surface area contributed by atoms with Gasteiger partial charge in [-0.1, -0.05) is 27.7 Å². The number of pyridine rings is 1. The lowest BCUT2D eigenvalue weighted by Crippen LogP contribution is -2.13. The van der Waals surface area contributed by atoms with Crippen LogP contribution in [0.25, 0.3) is 0 Å². The van der Waals surface area contributed by atoms with Crippen LogP contribution >= 0.6 is 0 Å². The first-order chi connectivity index (χ1) is 8.21. The van der Waals surface area contributed by atoms with E-state index in [4.69, 9.17) is 4.74 Å². The van der Waals surface area contributed by atoms with E-state index in [1.807, 2.05) is 27.7 Å². The van der Waals surface area contributed by atoms with Gasteiger partial charge in [-0.05, 0) is 23.5 Å². The average Bonchev–Trinajstić information content (AvgIpc) is 2.24. The Morgan fingerprint density at radius 1 is 1.22 bits per heavy atom. The van der Waals surface area contributed by atoms with Crippen molar-refractivity contribution >= 4 is 0 Å². The van der Waals surface area contributed by atoms with E-state index in [1.165, 1.54) is 6.20 Å². The molecule has 0 saturated heterocycles. The van der Waals surface area contributed by atoms with Crippen molar-refractivity contribution in [1.29, 1.82) is 0 Å². The highest BCUT2D eigenvalue weighted by atomic mass is 19.4. The van der Waals surface area contributed by atoms with E-state index in [-0.39, 0.29) is 24.3 Å². The fraction of sp³-hybridized carbons (Fsp3) is 0.615. The Kier molecular flexibility index (Phi) is 4.59. The summed E-state index contributed by atoms with van der Waals surface area (Å²) >= 11 is 0. The molecule has 0 radical (unpaired) electrons. The number of nitrogens with zero attached hydrogens (tertiary/aromatic N) is 1. The maximum atomic E-state index is 12.9. The molecule has 1 aromatic rings. The molecule has 5 heteroatoms. The first-order valence-corrected chi connectivity index (χ1v) is 5.91. The van der Waals surface area contributed by atoms with E-state index < -0.39 is 11.7 Å².